The number of ketones is 1. The van der Waals surface area contributed by atoms with Crippen LogP contribution in [0.5, 0.6) is 0 Å². The Bertz CT molecular complexity index is 416. The second-order valence-corrected chi connectivity index (χ2v) is 4.20. The zero-order chi connectivity index (χ0) is 12.8. The minimum Gasteiger partial charge on any atom is -0.348 e. The smallest absolute Gasteiger partial charge is 0.286 e. The largest absolute Gasteiger partial charge is 0.348 e. The summed E-state index contributed by atoms with van der Waals surface area (Å²) in [7, 11) is 0. The Morgan fingerprint density at radius 1 is 1.47 bits per heavy atom. The van der Waals surface area contributed by atoms with Crippen molar-refractivity contribution in [3.8, 4) is 0 Å². The summed E-state index contributed by atoms with van der Waals surface area (Å²) in [5.74, 6) is -0.0354. The molecule has 1 amide bonds. The maximum Gasteiger partial charge on any atom is 0.286 e. The van der Waals surface area contributed by atoms with E-state index in [1.54, 1.807) is 29.1 Å². The summed E-state index contributed by atoms with van der Waals surface area (Å²) in [5, 5.41) is 2.88. The molecule has 17 heavy (non-hydrogen) atoms. The molecule has 1 atom stereocenters. The van der Waals surface area contributed by atoms with Gasteiger partial charge in [0, 0.05) is 12.1 Å². The van der Waals surface area contributed by atoms with Crippen LogP contribution in [0.1, 0.15) is 37.6 Å². The number of nitrogens with zero attached hydrogens (tertiary/aromatic N) is 1. The van der Waals surface area contributed by atoms with Crippen molar-refractivity contribution in [2.45, 2.75) is 39.8 Å². The van der Waals surface area contributed by atoms with E-state index < -0.39 is 0 Å². The summed E-state index contributed by atoms with van der Waals surface area (Å²) in [6.45, 7) is 5.74. The van der Waals surface area contributed by atoms with Gasteiger partial charge in [0.25, 0.3) is 5.91 Å². The lowest BCUT2D eigenvalue weighted by Gasteiger charge is -2.09. The molecule has 0 aromatic carbocycles. The highest BCUT2D eigenvalue weighted by Gasteiger charge is 2.12. The Labute approximate surface area is 102 Å². The summed E-state index contributed by atoms with van der Waals surface area (Å²) >= 11 is 0. The zero-order valence-electron chi connectivity index (χ0n) is 10.6. The molecule has 0 fully saturated rings. The van der Waals surface area contributed by atoms with Crippen molar-refractivity contribution in [2.75, 3.05) is 0 Å². The predicted molar refractivity (Wildman–Crippen MR) is 64.5 cm³/mol. The lowest BCUT2D eigenvalue weighted by atomic mass is 10.2. The van der Waals surface area contributed by atoms with E-state index in [-0.39, 0.29) is 24.3 Å². The third-order valence-corrected chi connectivity index (χ3v) is 2.61. The first-order valence-electron chi connectivity index (χ1n) is 5.82. The lowest BCUT2D eigenvalue weighted by Crippen LogP contribution is -2.45. The lowest BCUT2D eigenvalue weighted by molar-refractivity contribution is -0.684. The van der Waals surface area contributed by atoms with E-state index in [1.165, 1.54) is 6.92 Å². The first-order chi connectivity index (χ1) is 8.02. The van der Waals surface area contributed by atoms with Gasteiger partial charge in [-0.05, 0) is 26.3 Å². The number of carbonyl (C=O) groups excluding carboxylic acids is 2. The highest BCUT2D eigenvalue weighted by atomic mass is 16.2. The zero-order valence-corrected chi connectivity index (χ0v) is 10.6. The van der Waals surface area contributed by atoms with Crippen molar-refractivity contribution in [2.24, 2.45) is 0 Å². The molecule has 0 radical (unpaired) electrons. The number of hydrogen-bond acceptors (Lipinski definition) is 2. The van der Waals surface area contributed by atoms with Gasteiger partial charge in [-0.15, -0.1) is 0 Å². The van der Waals surface area contributed by atoms with E-state index in [4.69, 9.17) is 0 Å². The van der Waals surface area contributed by atoms with Crippen LogP contribution in [-0.4, -0.2) is 17.7 Å². The molecule has 0 saturated heterocycles. The van der Waals surface area contributed by atoms with E-state index in [2.05, 4.69) is 5.32 Å². The van der Waals surface area contributed by atoms with Crippen molar-refractivity contribution in [3.63, 3.8) is 0 Å². The van der Waals surface area contributed by atoms with Crippen LogP contribution in [0.3, 0.4) is 0 Å². The molecule has 92 valence electrons. The molecule has 4 nitrogen and oxygen atoms in total. The standard InChI is InChI=1S/C13H18N2O2/c1-4-10(2)14-13(17)9-15-7-5-6-12(8-15)11(3)16/h5-8,10H,4,9H2,1-3H3/p+1/t10-/m0/s1. The number of hydrogen-bond donors (Lipinski definition) is 1. The molecule has 1 rings (SSSR count). The van der Waals surface area contributed by atoms with Crippen molar-refractivity contribution >= 4 is 11.7 Å². The van der Waals surface area contributed by atoms with Gasteiger partial charge in [0.15, 0.2) is 18.2 Å². The summed E-state index contributed by atoms with van der Waals surface area (Å²) in [4.78, 5) is 22.8. The van der Waals surface area contributed by atoms with Gasteiger partial charge in [0.2, 0.25) is 6.54 Å². The second kappa shape index (κ2) is 6.13. The van der Waals surface area contributed by atoms with Crippen molar-refractivity contribution < 1.29 is 14.2 Å². The van der Waals surface area contributed by atoms with Crippen molar-refractivity contribution in [1.82, 2.24) is 5.32 Å². The van der Waals surface area contributed by atoms with Crippen LogP contribution in [0.4, 0.5) is 0 Å². The van der Waals surface area contributed by atoms with Gasteiger partial charge >= 0.3 is 0 Å². The van der Waals surface area contributed by atoms with Crippen LogP contribution >= 0.6 is 0 Å². The van der Waals surface area contributed by atoms with E-state index in [0.29, 0.717) is 5.56 Å². The van der Waals surface area contributed by atoms with Gasteiger partial charge in [-0.2, -0.15) is 4.57 Å². The molecule has 0 bridgehead atoms. The average Bonchev–Trinajstić information content (AvgIpc) is 2.28. The molecule has 1 N–H and O–H groups in total. The summed E-state index contributed by atoms with van der Waals surface area (Å²) in [5.41, 5.74) is 0.615. The number of pyridine rings is 1. The molecule has 0 unspecified atom stereocenters. The average molecular weight is 235 g/mol. The maximum absolute atomic E-state index is 11.6. The number of Topliss-reactive ketones (excluding diaryl/α,β-unsaturated/α-hetero) is 1. The van der Waals surface area contributed by atoms with Crippen LogP contribution in [0.2, 0.25) is 0 Å². The number of aromatic nitrogens is 1. The molecular formula is C13H19N2O2+. The third-order valence-electron chi connectivity index (χ3n) is 2.61. The molecule has 1 aromatic rings. The van der Waals surface area contributed by atoms with Crippen LogP contribution in [-0.2, 0) is 11.3 Å². The molecule has 0 aliphatic heterocycles. The molecule has 0 saturated carbocycles. The Hall–Kier alpha value is -1.71. The highest BCUT2D eigenvalue weighted by molar-refractivity contribution is 5.93. The number of rotatable bonds is 5. The predicted octanol–water partition coefficient (Wildman–Crippen LogP) is 1.09. The Kier molecular flexibility index (Phi) is 4.82. The van der Waals surface area contributed by atoms with Crippen LogP contribution in [0.25, 0.3) is 0 Å². The quantitative estimate of drug-likeness (QED) is 0.613. The van der Waals surface area contributed by atoms with Gasteiger partial charge in [0.1, 0.15) is 0 Å². The monoisotopic (exact) mass is 235 g/mol. The molecule has 0 aliphatic rings. The molecule has 1 aromatic heterocycles. The number of amides is 1. The van der Waals surface area contributed by atoms with Crippen LogP contribution < -0.4 is 9.88 Å². The maximum atomic E-state index is 11.6. The minimum atomic E-state index is -0.0370. The number of carbonyl (C=O) groups is 2. The van der Waals surface area contributed by atoms with Crippen LogP contribution in [0.15, 0.2) is 24.5 Å². The van der Waals surface area contributed by atoms with Gasteiger partial charge in [0.05, 0.1) is 5.56 Å². The normalized spacial score (nSPS) is 11.9. The topological polar surface area (TPSA) is 50.1 Å². The van der Waals surface area contributed by atoms with Crippen molar-refractivity contribution in [3.05, 3.63) is 30.1 Å². The summed E-state index contributed by atoms with van der Waals surface area (Å²) in [6, 6.07) is 3.69. The summed E-state index contributed by atoms with van der Waals surface area (Å²) < 4.78 is 1.72. The molecule has 0 aliphatic carbocycles. The van der Waals surface area contributed by atoms with E-state index in [0.717, 1.165) is 6.42 Å². The fraction of sp³-hybridized carbons (Fsp3) is 0.462. The van der Waals surface area contributed by atoms with E-state index in [1.807, 2.05) is 13.8 Å². The van der Waals surface area contributed by atoms with Gasteiger partial charge in [-0.1, -0.05) is 6.92 Å². The summed E-state index contributed by atoms with van der Waals surface area (Å²) in [6.07, 6.45) is 4.38. The SMILES string of the molecule is CC[C@H](C)NC(=O)C[n+]1cccc(C(C)=O)c1. The Morgan fingerprint density at radius 2 is 2.18 bits per heavy atom. The van der Waals surface area contributed by atoms with E-state index >= 15 is 0 Å². The van der Waals surface area contributed by atoms with Gasteiger partial charge in [-0.25, -0.2) is 0 Å². The fourth-order valence-electron chi connectivity index (χ4n) is 1.42. The third kappa shape index (κ3) is 4.34. The number of nitrogens with one attached hydrogen (secondary N) is 1. The molecule has 4 heteroatoms. The van der Waals surface area contributed by atoms with Gasteiger partial charge in [-0.3, -0.25) is 9.59 Å². The second-order valence-electron chi connectivity index (χ2n) is 4.20. The molecular weight excluding hydrogens is 216 g/mol. The highest BCUT2D eigenvalue weighted by Crippen LogP contribution is 1.95. The first-order valence-corrected chi connectivity index (χ1v) is 5.82. The Balaban J connectivity index is 2.65. The molecule has 1 heterocycles. The first kappa shape index (κ1) is 13.4. The van der Waals surface area contributed by atoms with Gasteiger partial charge < -0.3 is 5.32 Å². The Morgan fingerprint density at radius 3 is 2.76 bits per heavy atom. The minimum absolute atomic E-state index is 0.00156. The van der Waals surface area contributed by atoms with Crippen LogP contribution in [0, 0.1) is 0 Å². The van der Waals surface area contributed by atoms with Crippen molar-refractivity contribution in [1.29, 1.82) is 0 Å². The van der Waals surface area contributed by atoms with E-state index in [9.17, 15) is 9.59 Å². The fourth-order valence-corrected chi connectivity index (χ4v) is 1.42. The molecule has 0 spiro atoms.